The normalized spacial score (nSPS) is 20.4. The first-order chi connectivity index (χ1) is 6.99. The molecular weight excluding hydrogens is 194 g/mol. The topological polar surface area (TPSA) is 47.6 Å². The molecule has 90 valence electrons. The molecule has 1 saturated heterocycles. The molecule has 1 aliphatic heterocycles. The summed E-state index contributed by atoms with van der Waals surface area (Å²) in [5.41, 5.74) is -0.318. The molecule has 1 atom stereocenters. The number of hydrogen-bond acceptors (Lipinski definition) is 4. The van der Waals surface area contributed by atoms with Gasteiger partial charge in [-0.15, -0.1) is 0 Å². The number of carbonyl (C=O) groups is 1. The Kier molecular flexibility index (Phi) is 7.34. The van der Waals surface area contributed by atoms with E-state index in [0.29, 0.717) is 12.6 Å². The van der Waals surface area contributed by atoms with Crippen molar-refractivity contribution < 1.29 is 14.3 Å². The zero-order valence-corrected chi connectivity index (χ0v) is 10.2. The summed E-state index contributed by atoms with van der Waals surface area (Å²) < 4.78 is 9.89. The lowest BCUT2D eigenvalue weighted by Gasteiger charge is -2.14. The van der Waals surface area contributed by atoms with Crippen molar-refractivity contribution in [3.63, 3.8) is 0 Å². The summed E-state index contributed by atoms with van der Waals surface area (Å²) in [7, 11) is 0. The maximum absolute atomic E-state index is 9.60. The second kappa shape index (κ2) is 7.65. The van der Waals surface area contributed by atoms with Crippen LogP contribution in [0.15, 0.2) is 0 Å². The highest BCUT2D eigenvalue weighted by molar-refractivity contribution is 5.37. The third-order valence-corrected chi connectivity index (χ3v) is 1.82. The average Bonchev–Trinajstić information content (AvgIpc) is 2.56. The highest BCUT2D eigenvalue weighted by Gasteiger charge is 2.12. The van der Waals surface area contributed by atoms with Gasteiger partial charge in [-0.3, -0.25) is 4.79 Å². The summed E-state index contributed by atoms with van der Waals surface area (Å²) in [6.07, 6.45) is 1.69. The SMILES string of the molecule is CC(C)(C)OC=O.CCOC1CCNC1. The molecule has 0 aromatic rings. The van der Waals surface area contributed by atoms with E-state index in [-0.39, 0.29) is 5.60 Å². The van der Waals surface area contributed by atoms with Gasteiger partial charge in [-0.1, -0.05) is 0 Å². The predicted molar refractivity (Wildman–Crippen MR) is 59.8 cm³/mol. The van der Waals surface area contributed by atoms with Gasteiger partial charge in [0, 0.05) is 13.2 Å². The fraction of sp³-hybridized carbons (Fsp3) is 0.909. The summed E-state index contributed by atoms with van der Waals surface area (Å²) in [6, 6.07) is 0. The predicted octanol–water partition coefficient (Wildman–Crippen LogP) is 1.34. The Morgan fingerprint density at radius 1 is 1.47 bits per heavy atom. The standard InChI is InChI=1S/C6H13NO.C5H10O2/c1-2-8-6-3-4-7-5-6;1-5(2,3)7-4-6/h6-7H,2-5H2,1H3;4H,1-3H3. The van der Waals surface area contributed by atoms with Crippen LogP contribution in [-0.2, 0) is 14.3 Å². The second-order valence-electron chi connectivity index (χ2n) is 4.40. The van der Waals surface area contributed by atoms with E-state index in [1.807, 2.05) is 27.7 Å². The Morgan fingerprint density at radius 3 is 2.40 bits per heavy atom. The van der Waals surface area contributed by atoms with Crippen molar-refractivity contribution >= 4 is 6.47 Å². The van der Waals surface area contributed by atoms with Gasteiger partial charge >= 0.3 is 0 Å². The van der Waals surface area contributed by atoms with E-state index in [0.717, 1.165) is 19.7 Å². The molecule has 0 spiro atoms. The first-order valence-corrected chi connectivity index (χ1v) is 5.43. The molecule has 0 amide bonds. The Morgan fingerprint density at radius 2 is 2.13 bits per heavy atom. The van der Waals surface area contributed by atoms with Crippen molar-refractivity contribution in [1.29, 1.82) is 0 Å². The van der Waals surface area contributed by atoms with Crippen molar-refractivity contribution in [2.75, 3.05) is 19.7 Å². The lowest BCUT2D eigenvalue weighted by atomic mass is 10.2. The van der Waals surface area contributed by atoms with Crippen molar-refractivity contribution in [2.24, 2.45) is 0 Å². The van der Waals surface area contributed by atoms with Crippen LogP contribution in [0.2, 0.25) is 0 Å². The van der Waals surface area contributed by atoms with E-state index in [1.54, 1.807) is 0 Å². The minimum absolute atomic E-state index is 0.318. The van der Waals surface area contributed by atoms with E-state index < -0.39 is 0 Å². The van der Waals surface area contributed by atoms with E-state index in [2.05, 4.69) is 10.1 Å². The molecule has 1 fully saturated rings. The van der Waals surface area contributed by atoms with Crippen LogP contribution in [0.1, 0.15) is 34.1 Å². The van der Waals surface area contributed by atoms with E-state index in [9.17, 15) is 4.79 Å². The van der Waals surface area contributed by atoms with Gasteiger partial charge in [0.25, 0.3) is 6.47 Å². The molecule has 1 rings (SSSR count). The van der Waals surface area contributed by atoms with Crippen molar-refractivity contribution in [3.8, 4) is 0 Å². The van der Waals surface area contributed by atoms with Gasteiger partial charge in [0.2, 0.25) is 0 Å². The summed E-state index contributed by atoms with van der Waals surface area (Å²) in [5.74, 6) is 0. The summed E-state index contributed by atoms with van der Waals surface area (Å²) in [6.45, 7) is 11.0. The minimum atomic E-state index is -0.318. The van der Waals surface area contributed by atoms with Crippen LogP contribution < -0.4 is 5.32 Å². The van der Waals surface area contributed by atoms with Crippen LogP contribution in [0.25, 0.3) is 0 Å². The van der Waals surface area contributed by atoms with Crippen LogP contribution in [0.3, 0.4) is 0 Å². The fourth-order valence-corrected chi connectivity index (χ4v) is 1.15. The maximum atomic E-state index is 9.60. The van der Waals surface area contributed by atoms with Crippen molar-refractivity contribution in [2.45, 2.75) is 45.8 Å². The van der Waals surface area contributed by atoms with Gasteiger partial charge in [-0.25, -0.2) is 0 Å². The van der Waals surface area contributed by atoms with Gasteiger partial charge in [0.05, 0.1) is 6.10 Å². The summed E-state index contributed by atoms with van der Waals surface area (Å²) in [5, 5.41) is 3.23. The Balaban J connectivity index is 0.000000265. The molecule has 0 aromatic heterocycles. The lowest BCUT2D eigenvalue weighted by Crippen LogP contribution is -2.17. The highest BCUT2D eigenvalue weighted by atomic mass is 16.5. The third-order valence-electron chi connectivity index (χ3n) is 1.82. The monoisotopic (exact) mass is 217 g/mol. The maximum Gasteiger partial charge on any atom is 0.293 e. The van der Waals surface area contributed by atoms with Gasteiger partial charge in [0.1, 0.15) is 5.60 Å². The molecule has 0 radical (unpaired) electrons. The lowest BCUT2D eigenvalue weighted by molar-refractivity contribution is -0.138. The van der Waals surface area contributed by atoms with Crippen LogP contribution in [0, 0.1) is 0 Å². The van der Waals surface area contributed by atoms with E-state index in [1.165, 1.54) is 6.42 Å². The number of hydrogen-bond donors (Lipinski definition) is 1. The van der Waals surface area contributed by atoms with Crippen LogP contribution in [0.5, 0.6) is 0 Å². The molecule has 1 heterocycles. The molecule has 0 bridgehead atoms. The number of nitrogens with one attached hydrogen (secondary N) is 1. The zero-order chi connectivity index (χ0) is 11.7. The van der Waals surface area contributed by atoms with Gasteiger partial charge in [-0.05, 0) is 40.7 Å². The molecule has 4 heteroatoms. The van der Waals surface area contributed by atoms with Crippen molar-refractivity contribution in [3.05, 3.63) is 0 Å². The Labute approximate surface area is 92.3 Å². The highest BCUT2D eigenvalue weighted by Crippen LogP contribution is 2.02. The quantitative estimate of drug-likeness (QED) is 0.725. The first-order valence-electron chi connectivity index (χ1n) is 5.43. The number of carbonyl (C=O) groups excluding carboxylic acids is 1. The van der Waals surface area contributed by atoms with Crippen LogP contribution in [0.4, 0.5) is 0 Å². The molecule has 4 nitrogen and oxygen atoms in total. The van der Waals surface area contributed by atoms with Crippen LogP contribution >= 0.6 is 0 Å². The second-order valence-corrected chi connectivity index (χ2v) is 4.40. The zero-order valence-electron chi connectivity index (χ0n) is 10.2. The molecule has 0 saturated carbocycles. The smallest absolute Gasteiger partial charge is 0.293 e. The minimum Gasteiger partial charge on any atom is -0.462 e. The molecule has 1 unspecified atom stereocenters. The summed E-state index contributed by atoms with van der Waals surface area (Å²) in [4.78, 5) is 9.60. The van der Waals surface area contributed by atoms with Gasteiger partial charge < -0.3 is 14.8 Å². The number of ether oxygens (including phenoxy) is 2. The Bertz CT molecular complexity index is 160. The molecule has 0 aromatic carbocycles. The molecular formula is C11H23NO3. The third kappa shape index (κ3) is 9.69. The summed E-state index contributed by atoms with van der Waals surface area (Å²) >= 11 is 0. The van der Waals surface area contributed by atoms with Crippen molar-refractivity contribution in [1.82, 2.24) is 5.32 Å². The van der Waals surface area contributed by atoms with Gasteiger partial charge in [-0.2, -0.15) is 0 Å². The molecule has 0 aliphatic carbocycles. The molecule has 1 N–H and O–H groups in total. The van der Waals surface area contributed by atoms with Gasteiger partial charge in [0.15, 0.2) is 0 Å². The first kappa shape index (κ1) is 14.4. The average molecular weight is 217 g/mol. The van der Waals surface area contributed by atoms with E-state index >= 15 is 0 Å². The molecule has 1 aliphatic rings. The fourth-order valence-electron chi connectivity index (χ4n) is 1.15. The van der Waals surface area contributed by atoms with E-state index in [4.69, 9.17) is 4.74 Å². The van der Waals surface area contributed by atoms with Crippen LogP contribution in [-0.4, -0.2) is 37.9 Å². The largest absolute Gasteiger partial charge is 0.462 e. The Hall–Kier alpha value is -0.610. The number of rotatable bonds is 3. The molecule has 15 heavy (non-hydrogen) atoms.